The highest BCUT2D eigenvalue weighted by molar-refractivity contribution is 5.95. The molecule has 1 saturated heterocycles. The second kappa shape index (κ2) is 8.33. The smallest absolute Gasteiger partial charge is 0.257 e. The maximum atomic E-state index is 14.6. The van der Waals surface area contributed by atoms with Gasteiger partial charge in [-0.05, 0) is 61.1 Å². The van der Waals surface area contributed by atoms with Gasteiger partial charge in [0.25, 0.3) is 5.92 Å². The number of pyridine rings is 2. The Kier molecular flexibility index (Phi) is 5.48. The maximum absolute atomic E-state index is 14.6. The van der Waals surface area contributed by atoms with Gasteiger partial charge in [-0.15, -0.1) is 0 Å². The van der Waals surface area contributed by atoms with Crippen LogP contribution in [0.2, 0.25) is 0 Å². The monoisotopic (exact) mass is 452 g/mol. The summed E-state index contributed by atoms with van der Waals surface area (Å²) in [6.07, 6.45) is 3.45. The summed E-state index contributed by atoms with van der Waals surface area (Å²) in [4.78, 5) is 33.0. The van der Waals surface area contributed by atoms with Gasteiger partial charge in [-0.1, -0.05) is 12.1 Å². The van der Waals surface area contributed by atoms with Crippen molar-refractivity contribution in [3.63, 3.8) is 0 Å². The van der Waals surface area contributed by atoms with Gasteiger partial charge in [-0.2, -0.15) is 0 Å². The summed E-state index contributed by atoms with van der Waals surface area (Å²) in [7, 11) is 0. The van der Waals surface area contributed by atoms with Crippen LogP contribution in [0.25, 0.3) is 10.9 Å². The van der Waals surface area contributed by atoms with E-state index in [4.69, 9.17) is 0 Å². The van der Waals surface area contributed by atoms with Gasteiger partial charge in [0.2, 0.25) is 11.5 Å². The van der Waals surface area contributed by atoms with Crippen molar-refractivity contribution in [2.45, 2.75) is 50.0 Å². The molecule has 1 aromatic carbocycles. The van der Waals surface area contributed by atoms with Gasteiger partial charge >= 0.3 is 0 Å². The van der Waals surface area contributed by atoms with Crippen LogP contribution in [0.15, 0.2) is 53.5 Å². The molecule has 172 valence electrons. The summed E-state index contributed by atoms with van der Waals surface area (Å²) in [5.74, 6) is -3.20. The van der Waals surface area contributed by atoms with E-state index < -0.39 is 17.9 Å². The van der Waals surface area contributed by atoms with E-state index in [0.717, 1.165) is 10.9 Å². The van der Waals surface area contributed by atoms with E-state index in [1.807, 2.05) is 12.1 Å². The fourth-order valence-corrected chi connectivity index (χ4v) is 4.55. The standard InChI is InChI=1S/C25H26F2N4O2/c1-15(31-11-10-25(26,27)20(14-31)19-6-9-23(32)28-13-19)24(33)30-22-8-5-18-12-17(16-2-3-16)4-7-21(18)29-22/h4-9,12-13,15-16,20H,2-3,10-11,14H2,1H3,(H,28,32)(H,29,30,33). The number of aromatic nitrogens is 2. The number of carbonyl (C=O) groups excluding carboxylic acids is 1. The molecule has 0 spiro atoms. The molecule has 2 aromatic heterocycles. The number of nitrogens with one attached hydrogen (secondary N) is 2. The van der Waals surface area contributed by atoms with Crippen molar-refractivity contribution in [2.75, 3.05) is 18.4 Å². The minimum atomic E-state index is -2.91. The van der Waals surface area contributed by atoms with E-state index in [1.165, 1.54) is 36.7 Å². The molecule has 1 amide bonds. The van der Waals surface area contributed by atoms with Crippen molar-refractivity contribution in [2.24, 2.45) is 0 Å². The Morgan fingerprint density at radius 1 is 1.18 bits per heavy atom. The van der Waals surface area contributed by atoms with Crippen molar-refractivity contribution in [1.82, 2.24) is 14.9 Å². The second-order valence-electron chi connectivity index (χ2n) is 9.13. The van der Waals surface area contributed by atoms with Crippen molar-refractivity contribution >= 4 is 22.6 Å². The van der Waals surface area contributed by atoms with Gasteiger partial charge in [0.05, 0.1) is 17.5 Å². The molecule has 2 fully saturated rings. The van der Waals surface area contributed by atoms with Crippen molar-refractivity contribution in [1.29, 1.82) is 0 Å². The zero-order valence-corrected chi connectivity index (χ0v) is 18.4. The zero-order valence-electron chi connectivity index (χ0n) is 18.4. The third kappa shape index (κ3) is 4.53. The first-order valence-electron chi connectivity index (χ1n) is 11.3. The number of hydrogen-bond donors (Lipinski definition) is 2. The maximum Gasteiger partial charge on any atom is 0.257 e. The quantitative estimate of drug-likeness (QED) is 0.607. The number of alkyl halides is 2. The number of fused-ring (bicyclic) bond motifs is 1. The molecule has 33 heavy (non-hydrogen) atoms. The first-order valence-corrected chi connectivity index (χ1v) is 11.3. The largest absolute Gasteiger partial charge is 0.329 e. The van der Waals surface area contributed by atoms with E-state index in [-0.39, 0.29) is 31.0 Å². The minimum absolute atomic E-state index is 0.0166. The molecule has 1 aliphatic carbocycles. The number of likely N-dealkylation sites (tertiary alicyclic amines) is 1. The number of piperidine rings is 1. The van der Waals surface area contributed by atoms with E-state index in [2.05, 4.69) is 27.4 Å². The topological polar surface area (TPSA) is 78.1 Å². The number of rotatable bonds is 5. The molecule has 2 atom stereocenters. The number of amides is 1. The van der Waals surface area contributed by atoms with E-state index in [9.17, 15) is 18.4 Å². The number of aromatic amines is 1. The van der Waals surface area contributed by atoms with Crippen LogP contribution in [0, 0.1) is 0 Å². The molecule has 1 aliphatic heterocycles. The molecule has 2 unspecified atom stereocenters. The van der Waals surface area contributed by atoms with Crippen LogP contribution in [0.1, 0.15) is 49.1 Å². The first kappa shape index (κ1) is 21.7. The van der Waals surface area contributed by atoms with Gasteiger partial charge in [0.15, 0.2) is 0 Å². The predicted octanol–water partition coefficient (Wildman–Crippen LogP) is 4.25. The highest BCUT2D eigenvalue weighted by Gasteiger charge is 2.46. The lowest BCUT2D eigenvalue weighted by Crippen LogP contribution is -2.52. The molecule has 3 heterocycles. The molecule has 0 bridgehead atoms. The second-order valence-corrected chi connectivity index (χ2v) is 9.13. The average molecular weight is 453 g/mol. The molecular weight excluding hydrogens is 426 g/mol. The Morgan fingerprint density at radius 2 is 1.97 bits per heavy atom. The fourth-order valence-electron chi connectivity index (χ4n) is 4.55. The lowest BCUT2D eigenvalue weighted by Gasteiger charge is -2.40. The number of nitrogens with zero attached hydrogens (tertiary/aromatic N) is 2. The molecule has 2 aliphatic rings. The Bertz CT molecular complexity index is 1230. The predicted molar refractivity (Wildman–Crippen MR) is 123 cm³/mol. The molecule has 2 N–H and O–H groups in total. The third-order valence-electron chi connectivity index (χ3n) is 6.81. The van der Waals surface area contributed by atoms with Gasteiger partial charge < -0.3 is 10.3 Å². The molecule has 6 nitrogen and oxygen atoms in total. The van der Waals surface area contributed by atoms with Crippen LogP contribution in [0.5, 0.6) is 0 Å². The fraction of sp³-hybridized carbons (Fsp3) is 0.400. The third-order valence-corrected chi connectivity index (χ3v) is 6.81. The van der Waals surface area contributed by atoms with E-state index in [1.54, 1.807) is 17.9 Å². The molecule has 3 aromatic rings. The molecule has 8 heteroatoms. The van der Waals surface area contributed by atoms with Gasteiger partial charge in [-0.25, -0.2) is 13.8 Å². The molecule has 5 rings (SSSR count). The van der Waals surface area contributed by atoms with E-state index in [0.29, 0.717) is 17.3 Å². The molecular formula is C25H26F2N4O2. The number of halogens is 2. The number of hydrogen-bond acceptors (Lipinski definition) is 4. The number of benzene rings is 1. The summed E-state index contributed by atoms with van der Waals surface area (Å²) in [5, 5.41) is 3.87. The summed E-state index contributed by atoms with van der Waals surface area (Å²) in [6.45, 7) is 1.84. The van der Waals surface area contributed by atoms with Crippen LogP contribution >= 0.6 is 0 Å². The summed E-state index contributed by atoms with van der Waals surface area (Å²) < 4.78 is 29.3. The van der Waals surface area contributed by atoms with Crippen molar-refractivity contribution in [3.8, 4) is 0 Å². The Balaban J connectivity index is 1.29. The van der Waals surface area contributed by atoms with Gasteiger partial charge in [-0.3, -0.25) is 14.5 Å². The molecule has 1 saturated carbocycles. The van der Waals surface area contributed by atoms with Gasteiger partial charge in [0.1, 0.15) is 5.82 Å². The Morgan fingerprint density at radius 3 is 2.70 bits per heavy atom. The van der Waals surface area contributed by atoms with Crippen LogP contribution in [-0.4, -0.2) is 45.8 Å². The highest BCUT2D eigenvalue weighted by Crippen LogP contribution is 2.41. The SMILES string of the molecule is CC(C(=O)Nc1ccc2cc(C3CC3)ccc2n1)N1CCC(F)(F)C(c2ccc(=O)[nH]c2)C1. The minimum Gasteiger partial charge on any atom is -0.329 e. The van der Waals surface area contributed by atoms with Crippen molar-refractivity contribution in [3.05, 3.63) is 70.1 Å². The summed E-state index contributed by atoms with van der Waals surface area (Å²) in [6, 6.07) is 12.0. The lowest BCUT2D eigenvalue weighted by molar-refractivity contribution is -0.125. The Labute approximate surface area is 190 Å². The first-order chi connectivity index (χ1) is 15.8. The van der Waals surface area contributed by atoms with Gasteiger partial charge in [0, 0.05) is 37.2 Å². The van der Waals surface area contributed by atoms with Crippen molar-refractivity contribution < 1.29 is 13.6 Å². The van der Waals surface area contributed by atoms with Crippen LogP contribution < -0.4 is 10.9 Å². The van der Waals surface area contributed by atoms with Crippen LogP contribution in [0.3, 0.4) is 0 Å². The lowest BCUT2D eigenvalue weighted by atomic mass is 9.87. The zero-order chi connectivity index (χ0) is 23.2. The van der Waals surface area contributed by atoms with Crippen LogP contribution in [0.4, 0.5) is 14.6 Å². The van der Waals surface area contributed by atoms with Crippen LogP contribution in [-0.2, 0) is 4.79 Å². The normalized spacial score (nSPS) is 21.6. The molecule has 0 radical (unpaired) electrons. The Hall–Kier alpha value is -3.13. The number of carbonyl (C=O) groups is 1. The van der Waals surface area contributed by atoms with E-state index >= 15 is 0 Å². The number of anilines is 1. The average Bonchev–Trinajstić information content (AvgIpc) is 3.64. The number of H-pyrrole nitrogens is 1. The highest BCUT2D eigenvalue weighted by atomic mass is 19.3. The summed E-state index contributed by atoms with van der Waals surface area (Å²) >= 11 is 0. The summed E-state index contributed by atoms with van der Waals surface area (Å²) in [5.41, 5.74) is 2.15.